The van der Waals surface area contributed by atoms with Crippen LogP contribution in [-0.2, 0) is 44.5 Å². The van der Waals surface area contributed by atoms with Gasteiger partial charge in [0.1, 0.15) is 46.9 Å². The van der Waals surface area contributed by atoms with Crippen molar-refractivity contribution in [3.63, 3.8) is 0 Å². The summed E-state index contributed by atoms with van der Waals surface area (Å²) in [7, 11) is -3.35. The number of aliphatic hydroxyl groups is 1. The second-order valence-corrected chi connectivity index (χ2v) is 24.8. The summed E-state index contributed by atoms with van der Waals surface area (Å²) in [6, 6.07) is 14.5. The number of nitrogens with one attached hydrogen (secondary N) is 3. The number of aliphatic hydroxyl groups excluding tert-OH is 1. The lowest BCUT2D eigenvalue weighted by Gasteiger charge is -2.34. The van der Waals surface area contributed by atoms with Gasteiger partial charge >= 0.3 is 5.76 Å². The first-order valence-electron chi connectivity index (χ1n) is 27.3. The van der Waals surface area contributed by atoms with Gasteiger partial charge in [0, 0.05) is 80.6 Å². The molecule has 9 rings (SSSR count). The molecule has 442 valence electrons. The van der Waals surface area contributed by atoms with E-state index in [9.17, 15) is 45.5 Å². The number of thiazole rings is 1. The van der Waals surface area contributed by atoms with Crippen molar-refractivity contribution < 1.29 is 54.9 Å². The molecule has 1 aliphatic heterocycles. The predicted molar refractivity (Wildman–Crippen MR) is 307 cm³/mol. The summed E-state index contributed by atoms with van der Waals surface area (Å²) in [5.74, 6) is -8.53. The number of β-amino-alcohol motifs (C(OH)–C–C–N with tert-alkyl or cyclic N) is 1. The van der Waals surface area contributed by atoms with Crippen molar-refractivity contribution in [1.82, 2.24) is 45.1 Å². The summed E-state index contributed by atoms with van der Waals surface area (Å²) in [4.78, 5) is 52.3. The molecule has 2 aliphatic rings. The normalized spacial score (nSPS) is 16.7. The molecular formula is C58H67F4N11O8S2. The Labute approximate surface area is 482 Å². The average molecular weight is 1190 g/mol. The van der Waals surface area contributed by atoms with E-state index in [2.05, 4.69) is 25.7 Å². The van der Waals surface area contributed by atoms with Crippen molar-refractivity contribution in [3.8, 4) is 44.3 Å². The highest BCUT2D eigenvalue weighted by Gasteiger charge is 2.51. The molecule has 19 nitrogen and oxygen atoms in total. The zero-order valence-electron chi connectivity index (χ0n) is 46.8. The maximum Gasteiger partial charge on any atom is 0.355 e. The van der Waals surface area contributed by atoms with Gasteiger partial charge in [-0.2, -0.15) is 19.0 Å². The number of nitrogens with zero attached hydrogens (tertiary/aromatic N) is 7. The molecule has 3 aromatic carbocycles. The highest BCUT2D eigenvalue weighted by Crippen LogP contribution is 2.42. The first-order valence-corrected chi connectivity index (χ1v) is 29.8. The molecule has 0 spiro atoms. The summed E-state index contributed by atoms with van der Waals surface area (Å²) < 4.78 is 98.0. The molecule has 4 aromatic heterocycles. The van der Waals surface area contributed by atoms with Crippen molar-refractivity contribution in [1.29, 1.82) is 0 Å². The van der Waals surface area contributed by atoms with Gasteiger partial charge in [0.05, 0.1) is 51.6 Å². The van der Waals surface area contributed by atoms with Crippen LogP contribution in [0, 0.1) is 24.1 Å². The molecule has 0 unspecified atom stereocenters. The van der Waals surface area contributed by atoms with Crippen molar-refractivity contribution >= 4 is 61.5 Å². The van der Waals surface area contributed by atoms with Gasteiger partial charge in [-0.25, -0.2) is 27.2 Å². The first-order chi connectivity index (χ1) is 39.4. The number of anilines is 2. The number of hydrogen-bond donors (Lipinski definition) is 5. The predicted octanol–water partition coefficient (Wildman–Crippen LogP) is 9.60. The Morgan fingerprint density at radius 3 is 2.36 bits per heavy atom. The number of hydrogen-bond acceptors (Lipinski definition) is 14. The number of nitrogens with two attached hydrogens (primary N) is 1. The zero-order valence-corrected chi connectivity index (χ0v) is 48.4. The van der Waals surface area contributed by atoms with E-state index in [0.29, 0.717) is 57.8 Å². The zero-order chi connectivity index (χ0) is 59.5. The molecule has 1 saturated heterocycles. The number of halogens is 4. The molecule has 25 heteroatoms. The smallest absolute Gasteiger partial charge is 0.355 e. The molecule has 0 radical (unpaired) electrons. The van der Waals surface area contributed by atoms with Crippen LogP contribution in [0.25, 0.3) is 43.7 Å². The minimum atomic E-state index is -5.08. The van der Waals surface area contributed by atoms with Crippen molar-refractivity contribution in [2.45, 2.75) is 129 Å². The second kappa shape index (κ2) is 24.7. The van der Waals surface area contributed by atoms with Gasteiger partial charge in [0.25, 0.3) is 10.0 Å². The third-order valence-electron chi connectivity index (χ3n) is 14.8. The fourth-order valence-electron chi connectivity index (χ4n) is 10.2. The van der Waals surface area contributed by atoms with Crippen LogP contribution < -0.4 is 30.6 Å². The number of unbranched alkanes of at least 4 members (excludes halogenated alkanes) is 4. The van der Waals surface area contributed by atoms with Gasteiger partial charge in [-0.1, -0.05) is 70.4 Å². The quantitative estimate of drug-likeness (QED) is 0.0164. The number of alkyl halides is 3. The maximum absolute atomic E-state index is 14.6. The minimum absolute atomic E-state index is 0.0196. The lowest BCUT2D eigenvalue weighted by atomic mass is 9.79. The van der Waals surface area contributed by atoms with Crippen molar-refractivity contribution in [3.05, 3.63) is 107 Å². The fraction of sp³-hybridized carbons (Fsp3) is 0.431. The Bertz CT molecular complexity index is 3620. The fourth-order valence-corrected chi connectivity index (χ4v) is 11.6. The largest absolute Gasteiger partial charge is 0.493 e. The average Bonchev–Trinajstić information content (AvgIpc) is 4.15. The summed E-state index contributed by atoms with van der Waals surface area (Å²) in [6.07, 6.45) is 8.16. The molecule has 0 bridgehead atoms. The number of rotatable bonds is 24. The molecular weight excluding hydrogens is 1120 g/mol. The molecule has 4 atom stereocenters. The molecule has 2 fully saturated rings. The van der Waals surface area contributed by atoms with Crippen LogP contribution >= 0.6 is 11.3 Å². The monoisotopic (exact) mass is 1190 g/mol. The van der Waals surface area contributed by atoms with Gasteiger partial charge in [0.2, 0.25) is 17.7 Å². The summed E-state index contributed by atoms with van der Waals surface area (Å²) >= 11 is 1.51. The van der Waals surface area contributed by atoms with E-state index in [1.165, 1.54) is 58.7 Å². The number of ether oxygens (including phenoxy) is 2. The number of carbonyl (C=O) groups excluding carboxylic acids is 3. The molecule has 83 heavy (non-hydrogen) atoms. The van der Waals surface area contributed by atoms with Crippen molar-refractivity contribution in [2.75, 3.05) is 23.6 Å². The number of benzene rings is 3. The minimum Gasteiger partial charge on any atom is -0.493 e. The van der Waals surface area contributed by atoms with E-state index < -0.39 is 74.7 Å². The number of pyridine rings is 1. The lowest BCUT2D eigenvalue weighted by Crippen LogP contribution is -2.54. The Balaban J connectivity index is 0.808. The molecule has 1 saturated carbocycles. The molecule has 5 heterocycles. The van der Waals surface area contributed by atoms with E-state index in [4.69, 9.17) is 20.3 Å². The molecule has 3 amide bonds. The number of carbonyl (C=O) groups is 3. The van der Waals surface area contributed by atoms with Crippen molar-refractivity contribution in [2.24, 2.45) is 18.4 Å². The SMILES string of the molecule is Cc1ncsc1-c1ccc(CNC(=O)[C@@H]2C[C@@H](O)CN2C(=O)[C@@H](C(=O)NC2(F)CC2)C(C)(C)C)c(OCCCCCCCn2cc(-c3cnc(N)c4c(-c5ccc(NS(=O)(=O)C(F)F)c(O[C@@H](C)c6ccc(F)cc6)c5)nn(C)c34)cn2)c1. The van der Waals surface area contributed by atoms with Crippen LogP contribution in [0.4, 0.5) is 29.1 Å². The summed E-state index contributed by atoms with van der Waals surface area (Å²) in [6.45, 7) is 9.66. The topological polar surface area (TPSA) is 251 Å². The highest BCUT2D eigenvalue weighted by atomic mass is 32.2. The molecule has 1 aliphatic carbocycles. The maximum atomic E-state index is 14.6. The second-order valence-electron chi connectivity index (χ2n) is 22.2. The van der Waals surface area contributed by atoms with Crippen LogP contribution in [0.1, 0.15) is 102 Å². The number of fused-ring (bicyclic) bond motifs is 1. The Morgan fingerprint density at radius 1 is 0.952 bits per heavy atom. The number of aromatic nitrogens is 6. The van der Waals surface area contributed by atoms with Gasteiger partial charge in [-0.15, -0.1) is 11.3 Å². The van der Waals surface area contributed by atoms with E-state index >= 15 is 0 Å². The number of likely N-dealkylation sites (tertiary alicyclic amines) is 1. The van der Waals surface area contributed by atoms with Gasteiger partial charge in [-0.3, -0.25) is 28.5 Å². The van der Waals surface area contributed by atoms with Gasteiger partial charge in [0.15, 0.2) is 5.79 Å². The number of aryl methyl sites for hydroxylation is 3. The third-order valence-corrected chi connectivity index (χ3v) is 16.8. The Morgan fingerprint density at radius 2 is 1.66 bits per heavy atom. The van der Waals surface area contributed by atoms with Crippen LogP contribution in [0.15, 0.2) is 84.8 Å². The summed E-state index contributed by atoms with van der Waals surface area (Å²) in [5, 5.41) is 25.9. The van der Waals surface area contributed by atoms with Crippen LogP contribution in [0.5, 0.6) is 11.5 Å². The van der Waals surface area contributed by atoms with E-state index in [1.54, 1.807) is 57.3 Å². The van der Waals surface area contributed by atoms with Crippen LogP contribution in [-0.4, -0.2) is 103 Å². The van der Waals surface area contributed by atoms with Crippen LogP contribution in [0.2, 0.25) is 0 Å². The Kier molecular flexibility index (Phi) is 17.8. The number of sulfonamides is 1. The molecule has 6 N–H and O–H groups in total. The number of amides is 3. The summed E-state index contributed by atoms with van der Waals surface area (Å²) in [5.41, 5.74) is 13.0. The highest BCUT2D eigenvalue weighted by molar-refractivity contribution is 7.93. The van der Waals surface area contributed by atoms with Gasteiger partial charge in [-0.05, 0) is 73.6 Å². The van der Waals surface area contributed by atoms with E-state index in [-0.39, 0.29) is 49.6 Å². The van der Waals surface area contributed by atoms with Gasteiger partial charge < -0.3 is 35.8 Å². The Hall–Kier alpha value is -7.64. The molecule has 7 aromatic rings. The van der Waals surface area contributed by atoms with Crippen LogP contribution in [0.3, 0.4) is 0 Å². The van der Waals surface area contributed by atoms with E-state index in [0.717, 1.165) is 53.8 Å². The third kappa shape index (κ3) is 13.9. The number of nitrogen functional groups attached to an aromatic ring is 1. The lowest BCUT2D eigenvalue weighted by molar-refractivity contribution is -0.151. The van der Waals surface area contributed by atoms with E-state index in [1.807, 2.05) is 40.7 Å². The first kappa shape index (κ1) is 60.0. The standard InChI is InChI=1S/C58H67F4N11O8S2/c1-33-51(82-32-66-33)37-12-13-38(27-65-53(75)44-26-41(74)31-73(44)55(77)48(57(3,4)5)54(76)68-58(62)20-21-58)45(25-37)80-23-11-9-7-8-10-22-72-30-39(28-67-72)42-29-64-52(63)47-49(69-71(6)50(42)47)36-16-19-43(70-83(78,79)56(60)61)46(24-36)81-34(2)35-14-17-40(59)18-15-35/h12-19,24-25,28-30,32,34,41,44,48,56,70,74H,7-11,20-23,26-27,31H2,1-6H3,(H2,63,64)(H,65,75)(H,68,76)/t34-,41+,44-,48+/m0/s1.